The normalized spacial score (nSPS) is 11.4. The molecule has 0 saturated heterocycles. The lowest BCUT2D eigenvalue weighted by Crippen LogP contribution is -2.16. The van der Waals surface area contributed by atoms with Crippen molar-refractivity contribution in [3.63, 3.8) is 0 Å². The molecule has 0 radical (unpaired) electrons. The van der Waals surface area contributed by atoms with Crippen molar-refractivity contribution in [2.45, 2.75) is 19.4 Å². The summed E-state index contributed by atoms with van der Waals surface area (Å²) in [6.07, 6.45) is 1.58. The standard InChI is InChI=1S/C9H15N3O/c1-9(2,13)6-4-7(11-3)8(10)12-5-6/h4-5,11,13H,1-3H3,(H2,10,12). The van der Waals surface area contributed by atoms with Crippen molar-refractivity contribution in [3.8, 4) is 0 Å². The highest BCUT2D eigenvalue weighted by atomic mass is 16.3. The number of hydrogen-bond donors (Lipinski definition) is 3. The monoisotopic (exact) mass is 181 g/mol. The van der Waals surface area contributed by atoms with Gasteiger partial charge in [0.1, 0.15) is 5.82 Å². The van der Waals surface area contributed by atoms with Gasteiger partial charge in [-0.2, -0.15) is 0 Å². The fraction of sp³-hybridized carbons (Fsp3) is 0.444. The van der Waals surface area contributed by atoms with E-state index < -0.39 is 5.60 Å². The van der Waals surface area contributed by atoms with Gasteiger partial charge in [-0.25, -0.2) is 4.98 Å². The number of hydrogen-bond acceptors (Lipinski definition) is 4. The predicted octanol–water partition coefficient (Wildman–Crippen LogP) is 0.933. The topological polar surface area (TPSA) is 71.2 Å². The molecule has 0 saturated carbocycles. The van der Waals surface area contributed by atoms with E-state index >= 15 is 0 Å². The minimum atomic E-state index is -0.883. The molecule has 0 bridgehead atoms. The average Bonchev–Trinajstić information content (AvgIpc) is 2.03. The number of aromatic nitrogens is 1. The van der Waals surface area contributed by atoms with E-state index in [4.69, 9.17) is 5.73 Å². The van der Waals surface area contributed by atoms with Gasteiger partial charge in [0.2, 0.25) is 0 Å². The molecule has 0 spiro atoms. The Morgan fingerprint density at radius 1 is 1.54 bits per heavy atom. The van der Waals surface area contributed by atoms with Crippen molar-refractivity contribution < 1.29 is 5.11 Å². The zero-order valence-corrected chi connectivity index (χ0v) is 8.13. The lowest BCUT2D eigenvalue weighted by molar-refractivity contribution is 0.0783. The highest BCUT2D eigenvalue weighted by molar-refractivity contribution is 5.62. The van der Waals surface area contributed by atoms with Crippen LogP contribution in [0, 0.1) is 0 Å². The minimum Gasteiger partial charge on any atom is -0.386 e. The molecule has 0 atom stereocenters. The van der Waals surface area contributed by atoms with Crippen molar-refractivity contribution in [3.05, 3.63) is 17.8 Å². The lowest BCUT2D eigenvalue weighted by Gasteiger charge is -2.18. The van der Waals surface area contributed by atoms with Gasteiger partial charge in [0.25, 0.3) is 0 Å². The van der Waals surface area contributed by atoms with Crippen molar-refractivity contribution in [2.24, 2.45) is 0 Å². The largest absolute Gasteiger partial charge is 0.386 e. The van der Waals surface area contributed by atoms with Crippen LogP contribution in [-0.2, 0) is 5.60 Å². The second-order valence-corrected chi connectivity index (χ2v) is 3.47. The quantitative estimate of drug-likeness (QED) is 0.634. The van der Waals surface area contributed by atoms with Crippen LogP contribution in [0.2, 0.25) is 0 Å². The summed E-state index contributed by atoms with van der Waals surface area (Å²) in [6, 6.07) is 1.79. The molecule has 0 fully saturated rings. The Bertz CT molecular complexity index is 304. The van der Waals surface area contributed by atoms with E-state index in [1.165, 1.54) is 0 Å². The maximum Gasteiger partial charge on any atom is 0.146 e. The SMILES string of the molecule is CNc1cc(C(C)(C)O)cnc1N. The summed E-state index contributed by atoms with van der Waals surface area (Å²) in [5.74, 6) is 0.440. The van der Waals surface area contributed by atoms with Crippen LogP contribution in [-0.4, -0.2) is 17.1 Å². The van der Waals surface area contributed by atoms with Crippen molar-refractivity contribution in [1.82, 2.24) is 4.98 Å². The van der Waals surface area contributed by atoms with Crippen LogP contribution in [0.15, 0.2) is 12.3 Å². The van der Waals surface area contributed by atoms with Crippen LogP contribution in [0.1, 0.15) is 19.4 Å². The highest BCUT2D eigenvalue weighted by Crippen LogP contribution is 2.24. The Kier molecular flexibility index (Phi) is 2.43. The third-order valence-electron chi connectivity index (χ3n) is 1.89. The minimum absolute atomic E-state index is 0.440. The molecule has 0 aromatic carbocycles. The molecule has 4 heteroatoms. The molecule has 4 N–H and O–H groups in total. The first-order chi connectivity index (χ1) is 5.95. The molecule has 0 aliphatic rings. The van der Waals surface area contributed by atoms with Crippen LogP contribution >= 0.6 is 0 Å². The van der Waals surface area contributed by atoms with Crippen LogP contribution in [0.4, 0.5) is 11.5 Å². The highest BCUT2D eigenvalue weighted by Gasteiger charge is 2.17. The van der Waals surface area contributed by atoms with Gasteiger partial charge in [0.15, 0.2) is 0 Å². The number of nitrogens with one attached hydrogen (secondary N) is 1. The maximum atomic E-state index is 9.69. The van der Waals surface area contributed by atoms with Crippen LogP contribution in [0.3, 0.4) is 0 Å². The predicted molar refractivity (Wildman–Crippen MR) is 53.4 cm³/mol. The summed E-state index contributed by atoms with van der Waals surface area (Å²) in [6.45, 7) is 3.42. The van der Waals surface area contributed by atoms with E-state index in [-0.39, 0.29) is 0 Å². The first-order valence-corrected chi connectivity index (χ1v) is 4.11. The van der Waals surface area contributed by atoms with Crippen LogP contribution < -0.4 is 11.1 Å². The summed E-state index contributed by atoms with van der Waals surface area (Å²) in [5, 5.41) is 12.6. The summed E-state index contributed by atoms with van der Waals surface area (Å²) >= 11 is 0. The van der Waals surface area contributed by atoms with Gasteiger partial charge >= 0.3 is 0 Å². The summed E-state index contributed by atoms with van der Waals surface area (Å²) in [7, 11) is 1.77. The fourth-order valence-electron chi connectivity index (χ4n) is 1.01. The fourth-order valence-corrected chi connectivity index (χ4v) is 1.01. The van der Waals surface area contributed by atoms with E-state index in [0.29, 0.717) is 5.82 Å². The van der Waals surface area contributed by atoms with E-state index in [1.807, 2.05) is 0 Å². The Hall–Kier alpha value is -1.29. The third-order valence-corrected chi connectivity index (χ3v) is 1.89. The number of nitrogens with two attached hydrogens (primary N) is 1. The zero-order chi connectivity index (χ0) is 10.1. The number of aliphatic hydroxyl groups is 1. The Morgan fingerprint density at radius 3 is 2.62 bits per heavy atom. The first kappa shape index (κ1) is 9.80. The second kappa shape index (κ2) is 3.22. The van der Waals surface area contributed by atoms with Crippen molar-refractivity contribution >= 4 is 11.5 Å². The molecule has 1 rings (SSSR count). The van der Waals surface area contributed by atoms with E-state index in [0.717, 1.165) is 11.3 Å². The van der Waals surface area contributed by atoms with Gasteiger partial charge in [-0.3, -0.25) is 0 Å². The molecule has 13 heavy (non-hydrogen) atoms. The average molecular weight is 181 g/mol. The second-order valence-electron chi connectivity index (χ2n) is 3.47. The van der Waals surface area contributed by atoms with E-state index in [2.05, 4.69) is 10.3 Å². The number of nitrogen functional groups attached to an aromatic ring is 1. The lowest BCUT2D eigenvalue weighted by atomic mass is 10.0. The smallest absolute Gasteiger partial charge is 0.146 e. The summed E-state index contributed by atoms with van der Waals surface area (Å²) in [5.41, 5.74) is 6.18. The van der Waals surface area contributed by atoms with Gasteiger partial charge < -0.3 is 16.2 Å². The van der Waals surface area contributed by atoms with E-state index in [1.54, 1.807) is 33.2 Å². The molecular weight excluding hydrogens is 166 g/mol. The number of pyridine rings is 1. The molecule has 4 nitrogen and oxygen atoms in total. The zero-order valence-electron chi connectivity index (χ0n) is 8.13. The maximum absolute atomic E-state index is 9.69. The van der Waals surface area contributed by atoms with Gasteiger partial charge in [-0.1, -0.05) is 0 Å². The molecule has 1 aromatic rings. The van der Waals surface area contributed by atoms with Crippen molar-refractivity contribution in [2.75, 3.05) is 18.1 Å². The first-order valence-electron chi connectivity index (χ1n) is 4.11. The molecule has 0 unspecified atom stereocenters. The molecule has 0 aliphatic carbocycles. The Morgan fingerprint density at radius 2 is 2.15 bits per heavy atom. The molecular formula is C9H15N3O. The van der Waals surface area contributed by atoms with Gasteiger partial charge in [-0.05, 0) is 19.9 Å². The third kappa shape index (κ3) is 2.09. The summed E-state index contributed by atoms with van der Waals surface area (Å²) in [4.78, 5) is 3.97. The van der Waals surface area contributed by atoms with Gasteiger partial charge in [0, 0.05) is 18.8 Å². The number of anilines is 2. The van der Waals surface area contributed by atoms with Gasteiger partial charge in [0.05, 0.1) is 11.3 Å². The Labute approximate surface area is 77.8 Å². The molecule has 1 aromatic heterocycles. The number of nitrogens with zero attached hydrogens (tertiary/aromatic N) is 1. The van der Waals surface area contributed by atoms with Gasteiger partial charge in [-0.15, -0.1) is 0 Å². The van der Waals surface area contributed by atoms with E-state index in [9.17, 15) is 5.11 Å². The molecule has 72 valence electrons. The van der Waals surface area contributed by atoms with Crippen LogP contribution in [0.25, 0.3) is 0 Å². The molecule has 0 aliphatic heterocycles. The van der Waals surface area contributed by atoms with Crippen molar-refractivity contribution in [1.29, 1.82) is 0 Å². The summed E-state index contributed by atoms with van der Waals surface area (Å²) < 4.78 is 0. The molecule has 1 heterocycles. The van der Waals surface area contributed by atoms with Crippen LogP contribution in [0.5, 0.6) is 0 Å². The number of rotatable bonds is 2. The molecule has 0 amide bonds. The Balaban J connectivity index is 3.14.